The highest BCUT2D eigenvalue weighted by Crippen LogP contribution is 2.56. The first-order valence-electron chi connectivity index (χ1n) is 5.78. The van der Waals surface area contributed by atoms with Crippen molar-refractivity contribution in [1.82, 2.24) is 0 Å². The van der Waals surface area contributed by atoms with Gasteiger partial charge in [-0.15, -0.1) is 0 Å². The van der Waals surface area contributed by atoms with Gasteiger partial charge in [-0.25, -0.2) is 0 Å². The molecule has 0 unspecified atom stereocenters. The van der Waals surface area contributed by atoms with E-state index in [1.54, 1.807) is 5.57 Å². The molecule has 13 heavy (non-hydrogen) atoms. The van der Waals surface area contributed by atoms with Crippen LogP contribution in [0.2, 0.25) is 0 Å². The maximum Gasteiger partial charge on any atom is 0.0795 e. The first-order chi connectivity index (χ1) is 6.29. The van der Waals surface area contributed by atoms with Gasteiger partial charge in [0.05, 0.1) is 13.1 Å². The van der Waals surface area contributed by atoms with Gasteiger partial charge in [0.15, 0.2) is 0 Å². The summed E-state index contributed by atoms with van der Waals surface area (Å²) in [6.45, 7) is 7.49. The fraction of sp³-hybridized carbons (Fsp3) is 0.833. The summed E-state index contributed by atoms with van der Waals surface area (Å²) < 4.78 is 0. The molecule has 0 spiro atoms. The molecule has 4 atom stereocenters. The highest BCUT2D eigenvalue weighted by atomic mass is 14.9. The van der Waals surface area contributed by atoms with Crippen LogP contribution in [0.4, 0.5) is 0 Å². The summed E-state index contributed by atoms with van der Waals surface area (Å²) in [4.78, 5) is 0. The van der Waals surface area contributed by atoms with Crippen molar-refractivity contribution in [2.75, 3.05) is 13.1 Å². The molecule has 72 valence electrons. The Labute approximate surface area is 80.6 Å². The summed E-state index contributed by atoms with van der Waals surface area (Å²) in [5.74, 6) is 4.12. The third kappa shape index (κ3) is 0.914. The molecule has 1 nitrogen and oxygen atoms in total. The molecule has 2 bridgehead atoms. The smallest absolute Gasteiger partial charge is 0.0795 e. The minimum absolute atomic E-state index is 0.999. The number of quaternary nitrogens is 1. The van der Waals surface area contributed by atoms with Crippen LogP contribution in [0.15, 0.2) is 11.1 Å². The zero-order valence-corrected chi connectivity index (χ0v) is 8.72. The molecule has 1 heteroatoms. The van der Waals surface area contributed by atoms with Crippen LogP contribution in [0.5, 0.6) is 0 Å². The topological polar surface area (TPSA) is 16.6 Å². The van der Waals surface area contributed by atoms with Crippen molar-refractivity contribution in [1.29, 1.82) is 0 Å². The molecule has 0 aromatic rings. The Hall–Kier alpha value is -0.300. The Bertz CT molecular complexity index is 242. The number of allylic oxidation sites excluding steroid dienone is 2. The van der Waals surface area contributed by atoms with Crippen LogP contribution in [0, 0.1) is 23.7 Å². The fourth-order valence-electron chi connectivity index (χ4n) is 4.33. The number of nitrogens with two attached hydrogens (primary N) is 1. The predicted octanol–water partition coefficient (Wildman–Crippen LogP) is 1.17. The van der Waals surface area contributed by atoms with E-state index >= 15 is 0 Å². The van der Waals surface area contributed by atoms with Crippen LogP contribution < -0.4 is 5.32 Å². The Kier molecular flexibility index (Phi) is 1.61. The van der Waals surface area contributed by atoms with Crippen LogP contribution in [0.1, 0.15) is 26.7 Å². The average Bonchev–Trinajstić information content (AvgIpc) is 2.75. The molecule has 1 heterocycles. The van der Waals surface area contributed by atoms with Gasteiger partial charge in [-0.3, -0.25) is 0 Å². The third-order valence-corrected chi connectivity index (χ3v) is 4.63. The second-order valence-corrected chi connectivity index (χ2v) is 5.33. The maximum absolute atomic E-state index is 2.54. The van der Waals surface area contributed by atoms with E-state index in [9.17, 15) is 0 Å². The van der Waals surface area contributed by atoms with Crippen molar-refractivity contribution < 1.29 is 5.32 Å². The standard InChI is InChI=1S/C12H19N/c1-7(2)12-8-3-4-9(12)11-6-13-5-10(8)11/h8-11,13H,3-6H2,1-2H3/p+1/t8-,9+,10-,11+. The van der Waals surface area contributed by atoms with Gasteiger partial charge >= 0.3 is 0 Å². The summed E-state index contributed by atoms with van der Waals surface area (Å²) in [5.41, 5.74) is 3.52. The van der Waals surface area contributed by atoms with Gasteiger partial charge in [0, 0.05) is 11.8 Å². The molecule has 0 aromatic carbocycles. The highest BCUT2D eigenvalue weighted by molar-refractivity contribution is 5.28. The molecule has 0 radical (unpaired) electrons. The molecule has 3 aliphatic rings. The van der Waals surface area contributed by atoms with E-state index in [2.05, 4.69) is 19.2 Å². The minimum Gasteiger partial charge on any atom is -0.346 e. The van der Waals surface area contributed by atoms with Gasteiger partial charge in [-0.2, -0.15) is 0 Å². The Morgan fingerprint density at radius 1 is 1.08 bits per heavy atom. The lowest BCUT2D eigenvalue weighted by Crippen LogP contribution is -2.82. The lowest BCUT2D eigenvalue weighted by Gasteiger charge is -2.19. The summed E-state index contributed by atoms with van der Waals surface area (Å²) in [6, 6.07) is 0. The molecule has 2 N–H and O–H groups in total. The van der Waals surface area contributed by atoms with Gasteiger partial charge in [0.2, 0.25) is 0 Å². The van der Waals surface area contributed by atoms with E-state index in [-0.39, 0.29) is 0 Å². The summed E-state index contributed by atoms with van der Waals surface area (Å²) >= 11 is 0. The van der Waals surface area contributed by atoms with E-state index in [0.717, 1.165) is 23.7 Å². The van der Waals surface area contributed by atoms with Gasteiger partial charge in [-0.05, 0) is 38.5 Å². The molecular formula is C12H20N+. The number of rotatable bonds is 0. The molecule has 0 amide bonds. The van der Waals surface area contributed by atoms with Gasteiger partial charge in [-0.1, -0.05) is 11.1 Å². The SMILES string of the molecule is CC(C)=C1[C@H]2CC[C@@H]1[C@H]1C[NH2+]C[C@H]12. The predicted molar refractivity (Wildman–Crippen MR) is 53.2 cm³/mol. The molecule has 3 rings (SSSR count). The summed E-state index contributed by atoms with van der Waals surface area (Å²) in [7, 11) is 0. The second kappa shape index (κ2) is 2.60. The fourth-order valence-corrected chi connectivity index (χ4v) is 4.33. The molecule has 3 fully saturated rings. The Morgan fingerprint density at radius 2 is 1.62 bits per heavy atom. The quantitative estimate of drug-likeness (QED) is 0.536. The van der Waals surface area contributed by atoms with Crippen LogP contribution in [-0.2, 0) is 0 Å². The van der Waals surface area contributed by atoms with Crippen LogP contribution >= 0.6 is 0 Å². The van der Waals surface area contributed by atoms with Crippen molar-refractivity contribution >= 4 is 0 Å². The molecule has 0 aromatic heterocycles. The van der Waals surface area contributed by atoms with Crippen molar-refractivity contribution in [3.8, 4) is 0 Å². The largest absolute Gasteiger partial charge is 0.346 e. The molecule has 2 saturated carbocycles. The summed E-state index contributed by atoms with van der Waals surface area (Å²) in [5, 5.41) is 2.54. The maximum atomic E-state index is 2.54. The van der Waals surface area contributed by atoms with Crippen molar-refractivity contribution in [2.45, 2.75) is 26.7 Å². The monoisotopic (exact) mass is 178 g/mol. The van der Waals surface area contributed by atoms with Gasteiger partial charge in [0.1, 0.15) is 0 Å². The van der Waals surface area contributed by atoms with Crippen molar-refractivity contribution in [2.24, 2.45) is 23.7 Å². The van der Waals surface area contributed by atoms with E-state index in [4.69, 9.17) is 0 Å². The molecule has 2 aliphatic carbocycles. The van der Waals surface area contributed by atoms with Crippen LogP contribution in [-0.4, -0.2) is 13.1 Å². The molecule has 1 aliphatic heterocycles. The van der Waals surface area contributed by atoms with Crippen molar-refractivity contribution in [3.63, 3.8) is 0 Å². The molecular weight excluding hydrogens is 158 g/mol. The normalized spacial score (nSPS) is 47.1. The lowest BCUT2D eigenvalue weighted by molar-refractivity contribution is -0.641. The van der Waals surface area contributed by atoms with Gasteiger partial charge < -0.3 is 5.32 Å². The first-order valence-corrected chi connectivity index (χ1v) is 5.78. The van der Waals surface area contributed by atoms with Crippen molar-refractivity contribution in [3.05, 3.63) is 11.1 Å². The zero-order valence-electron chi connectivity index (χ0n) is 8.72. The Morgan fingerprint density at radius 3 is 2.08 bits per heavy atom. The van der Waals surface area contributed by atoms with Crippen LogP contribution in [0.25, 0.3) is 0 Å². The highest BCUT2D eigenvalue weighted by Gasteiger charge is 2.54. The Balaban J connectivity index is 2.01. The summed E-state index contributed by atoms with van der Waals surface area (Å²) in [6.07, 6.45) is 3.00. The second-order valence-electron chi connectivity index (χ2n) is 5.33. The van der Waals surface area contributed by atoms with E-state index in [1.807, 2.05) is 5.57 Å². The van der Waals surface area contributed by atoms with Gasteiger partial charge in [0.25, 0.3) is 0 Å². The minimum atomic E-state index is 0.999. The number of fused-ring (bicyclic) bond motifs is 5. The van der Waals surface area contributed by atoms with E-state index < -0.39 is 0 Å². The third-order valence-electron chi connectivity index (χ3n) is 4.63. The van der Waals surface area contributed by atoms with E-state index in [1.165, 1.54) is 25.9 Å². The van der Waals surface area contributed by atoms with E-state index in [0.29, 0.717) is 0 Å². The zero-order chi connectivity index (χ0) is 9.00. The molecule has 1 saturated heterocycles. The van der Waals surface area contributed by atoms with Crippen LogP contribution in [0.3, 0.4) is 0 Å². The first kappa shape index (κ1) is 8.05. The lowest BCUT2D eigenvalue weighted by atomic mass is 9.82. The number of hydrogen-bond acceptors (Lipinski definition) is 0. The number of hydrogen-bond donors (Lipinski definition) is 1. The average molecular weight is 178 g/mol.